The molecule has 0 bridgehead atoms. The standard InChI is InChI=1S/C13H12F3NO3S/c14-9-3-7(4-10(15)12(9)16)13(20)17-1-2-21-6-8(17)5-11(18)19/h3-4,8H,1-2,5-6H2,(H,18,19). The van der Waals surface area contributed by atoms with E-state index in [9.17, 15) is 22.8 Å². The third-order valence-corrected chi connectivity index (χ3v) is 4.22. The maximum Gasteiger partial charge on any atom is 0.305 e. The molecular weight excluding hydrogens is 307 g/mol. The topological polar surface area (TPSA) is 57.6 Å². The van der Waals surface area contributed by atoms with E-state index < -0.39 is 35.4 Å². The Morgan fingerprint density at radius 3 is 2.48 bits per heavy atom. The van der Waals surface area contributed by atoms with Crippen molar-refractivity contribution in [3.8, 4) is 0 Å². The molecule has 114 valence electrons. The van der Waals surface area contributed by atoms with Crippen LogP contribution in [0.1, 0.15) is 16.8 Å². The number of hydrogen-bond acceptors (Lipinski definition) is 3. The Morgan fingerprint density at radius 2 is 1.90 bits per heavy atom. The summed E-state index contributed by atoms with van der Waals surface area (Å²) in [5.41, 5.74) is -0.325. The van der Waals surface area contributed by atoms with E-state index in [1.54, 1.807) is 0 Å². The van der Waals surface area contributed by atoms with Gasteiger partial charge in [-0.2, -0.15) is 11.8 Å². The zero-order valence-corrected chi connectivity index (χ0v) is 11.6. The lowest BCUT2D eigenvalue weighted by Crippen LogP contribution is -2.47. The van der Waals surface area contributed by atoms with Crippen LogP contribution in [-0.2, 0) is 4.79 Å². The fraction of sp³-hybridized carbons (Fsp3) is 0.385. The van der Waals surface area contributed by atoms with Crippen LogP contribution in [0.5, 0.6) is 0 Å². The first-order valence-corrected chi connectivity index (χ1v) is 7.30. The van der Waals surface area contributed by atoms with Gasteiger partial charge in [-0.1, -0.05) is 0 Å². The van der Waals surface area contributed by atoms with Crippen LogP contribution in [0.4, 0.5) is 13.2 Å². The number of carboxylic acid groups (broad SMARTS) is 1. The second-order valence-electron chi connectivity index (χ2n) is 4.58. The van der Waals surface area contributed by atoms with Crippen molar-refractivity contribution in [3.63, 3.8) is 0 Å². The average Bonchev–Trinajstić information content (AvgIpc) is 2.43. The van der Waals surface area contributed by atoms with Crippen molar-refractivity contribution in [3.05, 3.63) is 35.1 Å². The Bertz CT molecular complexity index is 559. The third kappa shape index (κ3) is 3.49. The molecule has 2 rings (SSSR count). The molecule has 1 heterocycles. The number of nitrogens with zero attached hydrogens (tertiary/aromatic N) is 1. The predicted octanol–water partition coefficient (Wildman–Crippen LogP) is 2.14. The van der Waals surface area contributed by atoms with Crippen molar-refractivity contribution < 1.29 is 27.9 Å². The monoisotopic (exact) mass is 319 g/mol. The molecule has 0 radical (unpaired) electrons. The highest BCUT2D eigenvalue weighted by Crippen LogP contribution is 2.23. The fourth-order valence-electron chi connectivity index (χ4n) is 2.14. The van der Waals surface area contributed by atoms with E-state index >= 15 is 0 Å². The summed E-state index contributed by atoms with van der Waals surface area (Å²) in [6.45, 7) is 0.280. The number of carbonyl (C=O) groups is 2. The molecule has 1 unspecified atom stereocenters. The third-order valence-electron chi connectivity index (χ3n) is 3.13. The normalized spacial score (nSPS) is 18.6. The molecule has 1 saturated heterocycles. The lowest BCUT2D eigenvalue weighted by atomic mass is 10.1. The van der Waals surface area contributed by atoms with Crippen LogP contribution >= 0.6 is 11.8 Å². The van der Waals surface area contributed by atoms with Crippen molar-refractivity contribution in [2.24, 2.45) is 0 Å². The molecule has 0 aromatic heterocycles. The van der Waals surface area contributed by atoms with E-state index in [-0.39, 0.29) is 18.5 Å². The Hall–Kier alpha value is -1.70. The Labute approximate surface area is 122 Å². The zero-order chi connectivity index (χ0) is 15.6. The smallest absolute Gasteiger partial charge is 0.305 e. The first kappa shape index (κ1) is 15.7. The number of benzene rings is 1. The number of aliphatic carboxylic acids is 1. The SMILES string of the molecule is O=C(O)CC1CSCCN1C(=O)c1cc(F)c(F)c(F)c1. The summed E-state index contributed by atoms with van der Waals surface area (Å²) in [6.07, 6.45) is -0.245. The number of hydrogen-bond donors (Lipinski definition) is 1. The summed E-state index contributed by atoms with van der Waals surface area (Å²) < 4.78 is 39.3. The first-order valence-electron chi connectivity index (χ1n) is 6.15. The summed E-state index contributed by atoms with van der Waals surface area (Å²) in [7, 11) is 0. The highest BCUT2D eigenvalue weighted by atomic mass is 32.2. The van der Waals surface area contributed by atoms with Gasteiger partial charge in [0.1, 0.15) is 0 Å². The van der Waals surface area contributed by atoms with Gasteiger partial charge in [-0.15, -0.1) is 0 Å². The van der Waals surface area contributed by atoms with Crippen LogP contribution in [0.2, 0.25) is 0 Å². The van der Waals surface area contributed by atoms with E-state index in [1.807, 2.05) is 0 Å². The molecule has 1 atom stereocenters. The molecule has 8 heteroatoms. The first-order chi connectivity index (χ1) is 9.90. The van der Waals surface area contributed by atoms with Crippen LogP contribution < -0.4 is 0 Å². The van der Waals surface area contributed by atoms with E-state index in [0.29, 0.717) is 23.6 Å². The van der Waals surface area contributed by atoms with Crippen LogP contribution in [0.15, 0.2) is 12.1 Å². The maximum absolute atomic E-state index is 13.2. The highest BCUT2D eigenvalue weighted by molar-refractivity contribution is 7.99. The van der Waals surface area contributed by atoms with Crippen LogP contribution in [0.25, 0.3) is 0 Å². The Kier molecular flexibility index (Phi) is 4.76. The van der Waals surface area contributed by atoms with Crippen molar-refractivity contribution in [2.75, 3.05) is 18.1 Å². The van der Waals surface area contributed by atoms with Gasteiger partial charge in [-0.05, 0) is 12.1 Å². The number of amides is 1. The molecule has 1 aliphatic rings. The molecular formula is C13H12F3NO3S. The van der Waals surface area contributed by atoms with Gasteiger partial charge in [-0.3, -0.25) is 9.59 Å². The van der Waals surface area contributed by atoms with Crippen molar-refractivity contribution in [2.45, 2.75) is 12.5 Å². The van der Waals surface area contributed by atoms with Crippen molar-refractivity contribution >= 4 is 23.6 Å². The summed E-state index contributed by atoms with van der Waals surface area (Å²) in [6, 6.07) is 0.700. The molecule has 21 heavy (non-hydrogen) atoms. The summed E-state index contributed by atoms with van der Waals surface area (Å²) in [5.74, 6) is -5.24. The van der Waals surface area contributed by atoms with Gasteiger partial charge >= 0.3 is 5.97 Å². The molecule has 1 amide bonds. The minimum Gasteiger partial charge on any atom is -0.481 e. The second kappa shape index (κ2) is 6.38. The van der Waals surface area contributed by atoms with Gasteiger partial charge in [-0.25, -0.2) is 13.2 Å². The van der Waals surface area contributed by atoms with Crippen LogP contribution in [0, 0.1) is 17.5 Å². The lowest BCUT2D eigenvalue weighted by Gasteiger charge is -2.34. The summed E-state index contributed by atoms with van der Waals surface area (Å²) in [4.78, 5) is 24.4. The van der Waals surface area contributed by atoms with Crippen molar-refractivity contribution in [1.82, 2.24) is 4.90 Å². The van der Waals surface area contributed by atoms with E-state index in [1.165, 1.54) is 16.7 Å². The number of halogens is 3. The molecule has 1 aliphatic heterocycles. The summed E-state index contributed by atoms with van der Waals surface area (Å²) >= 11 is 1.50. The number of thioether (sulfide) groups is 1. The van der Waals surface area contributed by atoms with Crippen LogP contribution in [-0.4, -0.2) is 46.0 Å². The van der Waals surface area contributed by atoms with Gasteiger partial charge < -0.3 is 10.0 Å². The number of carbonyl (C=O) groups excluding carboxylic acids is 1. The van der Waals surface area contributed by atoms with Gasteiger partial charge in [0.2, 0.25) is 0 Å². The zero-order valence-electron chi connectivity index (χ0n) is 10.8. The average molecular weight is 319 g/mol. The minimum absolute atomic E-state index is 0.245. The van der Waals surface area contributed by atoms with E-state index in [4.69, 9.17) is 5.11 Å². The number of rotatable bonds is 3. The quantitative estimate of drug-likeness (QED) is 0.867. The van der Waals surface area contributed by atoms with E-state index in [2.05, 4.69) is 0 Å². The van der Waals surface area contributed by atoms with Gasteiger partial charge in [0.15, 0.2) is 17.5 Å². The van der Waals surface area contributed by atoms with Crippen molar-refractivity contribution in [1.29, 1.82) is 0 Å². The molecule has 0 spiro atoms. The largest absolute Gasteiger partial charge is 0.481 e. The second-order valence-corrected chi connectivity index (χ2v) is 5.73. The lowest BCUT2D eigenvalue weighted by molar-refractivity contribution is -0.138. The van der Waals surface area contributed by atoms with Gasteiger partial charge in [0.25, 0.3) is 5.91 Å². The Balaban J connectivity index is 2.26. The fourth-order valence-corrected chi connectivity index (χ4v) is 3.20. The molecule has 1 aromatic rings. The minimum atomic E-state index is -1.64. The molecule has 1 fully saturated rings. The highest BCUT2D eigenvalue weighted by Gasteiger charge is 2.30. The molecule has 0 saturated carbocycles. The molecule has 1 aromatic carbocycles. The van der Waals surface area contributed by atoms with Gasteiger partial charge in [0, 0.05) is 23.6 Å². The molecule has 0 aliphatic carbocycles. The number of carboxylic acids is 1. The summed E-state index contributed by atoms with van der Waals surface area (Å²) in [5, 5.41) is 8.84. The van der Waals surface area contributed by atoms with E-state index in [0.717, 1.165) is 0 Å². The van der Waals surface area contributed by atoms with Gasteiger partial charge in [0.05, 0.1) is 12.5 Å². The Morgan fingerprint density at radius 1 is 1.29 bits per heavy atom. The molecule has 1 N–H and O–H groups in total. The maximum atomic E-state index is 13.2. The van der Waals surface area contributed by atoms with Crippen LogP contribution in [0.3, 0.4) is 0 Å². The molecule has 4 nitrogen and oxygen atoms in total. The predicted molar refractivity (Wildman–Crippen MR) is 70.7 cm³/mol.